The number of nitrogens with zero attached hydrogens (tertiary/aromatic N) is 2. The predicted molar refractivity (Wildman–Crippen MR) is 103 cm³/mol. The molecule has 2 aromatic carbocycles. The molecule has 0 fully saturated rings. The first-order valence-corrected chi connectivity index (χ1v) is 8.93. The van der Waals surface area contributed by atoms with Crippen molar-refractivity contribution in [2.45, 2.75) is 19.5 Å². The van der Waals surface area contributed by atoms with Crippen LogP contribution in [0.3, 0.4) is 0 Å². The maximum absolute atomic E-state index is 12.5. The Balaban J connectivity index is 1.41. The van der Waals surface area contributed by atoms with Gasteiger partial charge in [-0.2, -0.15) is 5.10 Å². The zero-order chi connectivity index (χ0) is 18.6. The zero-order valence-corrected chi connectivity index (χ0v) is 14.8. The number of benzene rings is 2. The Morgan fingerprint density at radius 2 is 1.81 bits per heavy atom. The minimum absolute atomic E-state index is 0.138. The first kappa shape index (κ1) is 17.0. The monoisotopic (exact) mass is 360 g/mol. The fourth-order valence-corrected chi connectivity index (χ4v) is 3.24. The summed E-state index contributed by atoms with van der Waals surface area (Å²) in [6.07, 6.45) is 1.89. The highest BCUT2D eigenvalue weighted by molar-refractivity contribution is 5.98. The lowest BCUT2D eigenvalue weighted by molar-refractivity contribution is -0.128. The van der Waals surface area contributed by atoms with Gasteiger partial charge in [-0.1, -0.05) is 60.7 Å². The van der Waals surface area contributed by atoms with Crippen molar-refractivity contribution in [2.75, 3.05) is 5.32 Å². The van der Waals surface area contributed by atoms with Crippen molar-refractivity contribution in [2.24, 2.45) is 5.92 Å². The molecule has 2 heterocycles. The summed E-state index contributed by atoms with van der Waals surface area (Å²) in [6, 6.07) is 19.5. The number of hydrogen-bond acceptors (Lipinski definition) is 3. The summed E-state index contributed by atoms with van der Waals surface area (Å²) in [5.41, 5.74) is 2.91. The first-order valence-electron chi connectivity index (χ1n) is 8.93. The van der Waals surface area contributed by atoms with Gasteiger partial charge in [-0.15, -0.1) is 0 Å². The largest absolute Gasteiger partial charge is 0.352 e. The number of nitrogens with one attached hydrogen (secondary N) is 2. The summed E-state index contributed by atoms with van der Waals surface area (Å²) in [7, 11) is 0. The molecule has 1 atom stereocenters. The highest BCUT2D eigenvalue weighted by atomic mass is 16.2. The van der Waals surface area contributed by atoms with Crippen molar-refractivity contribution >= 4 is 17.6 Å². The number of amides is 2. The number of carbonyl (C=O) groups excluding carboxylic acids is 2. The average Bonchev–Trinajstić information content (AvgIpc) is 3.11. The Hall–Kier alpha value is -3.41. The Labute approximate surface area is 157 Å². The lowest BCUT2D eigenvalue weighted by atomic mass is 10.0. The van der Waals surface area contributed by atoms with E-state index in [0.29, 0.717) is 18.9 Å². The zero-order valence-electron chi connectivity index (χ0n) is 14.8. The Morgan fingerprint density at radius 3 is 2.56 bits per heavy atom. The van der Waals surface area contributed by atoms with Gasteiger partial charge in [-0.25, -0.2) is 4.68 Å². The summed E-state index contributed by atoms with van der Waals surface area (Å²) in [5.74, 6) is -0.0307. The van der Waals surface area contributed by atoms with Crippen molar-refractivity contribution < 1.29 is 9.59 Å². The number of rotatable bonds is 5. The molecule has 0 spiro atoms. The summed E-state index contributed by atoms with van der Waals surface area (Å²) in [4.78, 5) is 24.8. The van der Waals surface area contributed by atoms with Crippen LogP contribution in [-0.4, -0.2) is 21.6 Å². The second kappa shape index (κ2) is 7.45. The molecule has 136 valence electrons. The van der Waals surface area contributed by atoms with E-state index in [2.05, 4.69) is 15.7 Å². The second-order valence-corrected chi connectivity index (χ2v) is 6.61. The van der Waals surface area contributed by atoms with Crippen molar-refractivity contribution in [3.8, 4) is 11.1 Å². The molecule has 0 aliphatic carbocycles. The van der Waals surface area contributed by atoms with Crippen LogP contribution in [0.5, 0.6) is 0 Å². The quantitative estimate of drug-likeness (QED) is 0.735. The van der Waals surface area contributed by atoms with Crippen LogP contribution in [0.4, 0.5) is 5.82 Å². The molecule has 1 aliphatic heterocycles. The van der Waals surface area contributed by atoms with E-state index in [4.69, 9.17) is 0 Å². The number of aromatic nitrogens is 2. The molecule has 2 amide bonds. The standard InChI is InChI=1S/C21H20N4O2/c26-19(22-12-15-7-3-1-4-8-15)11-17-14-25-20(24-21(17)27)18(13-23-25)16-9-5-2-6-10-16/h1-10,13,17H,11-12,14H2,(H,22,26)(H,24,27). The first-order chi connectivity index (χ1) is 13.2. The minimum atomic E-state index is -0.434. The molecule has 1 aliphatic rings. The van der Waals surface area contributed by atoms with Crippen molar-refractivity contribution in [3.05, 3.63) is 72.4 Å². The average molecular weight is 360 g/mol. The van der Waals surface area contributed by atoms with E-state index in [1.165, 1.54) is 0 Å². The van der Waals surface area contributed by atoms with Gasteiger partial charge < -0.3 is 10.6 Å². The molecule has 4 rings (SSSR count). The van der Waals surface area contributed by atoms with Crippen molar-refractivity contribution in [3.63, 3.8) is 0 Å². The molecular formula is C21H20N4O2. The maximum Gasteiger partial charge on any atom is 0.231 e. The highest BCUT2D eigenvalue weighted by Gasteiger charge is 2.30. The van der Waals surface area contributed by atoms with Crippen LogP contribution in [0.15, 0.2) is 66.9 Å². The number of hydrogen-bond donors (Lipinski definition) is 2. The van der Waals surface area contributed by atoms with E-state index in [0.717, 1.165) is 16.7 Å². The van der Waals surface area contributed by atoms with Gasteiger partial charge in [0.2, 0.25) is 11.8 Å². The van der Waals surface area contributed by atoms with Gasteiger partial charge in [-0.05, 0) is 11.1 Å². The fourth-order valence-electron chi connectivity index (χ4n) is 3.24. The molecule has 0 saturated heterocycles. The normalized spacial score (nSPS) is 15.7. The van der Waals surface area contributed by atoms with E-state index in [9.17, 15) is 9.59 Å². The topological polar surface area (TPSA) is 76.0 Å². The molecule has 1 aromatic heterocycles. The molecule has 6 heteroatoms. The van der Waals surface area contributed by atoms with E-state index in [1.807, 2.05) is 60.7 Å². The third-order valence-electron chi connectivity index (χ3n) is 4.69. The molecule has 0 saturated carbocycles. The number of carbonyl (C=O) groups is 2. The number of fused-ring (bicyclic) bond motifs is 1. The summed E-state index contributed by atoms with van der Waals surface area (Å²) >= 11 is 0. The van der Waals surface area contributed by atoms with Gasteiger partial charge in [0.15, 0.2) is 0 Å². The molecule has 27 heavy (non-hydrogen) atoms. The van der Waals surface area contributed by atoms with Crippen molar-refractivity contribution in [1.82, 2.24) is 15.1 Å². The summed E-state index contributed by atoms with van der Waals surface area (Å²) < 4.78 is 1.76. The van der Waals surface area contributed by atoms with E-state index in [-0.39, 0.29) is 18.2 Å². The Bertz CT molecular complexity index is 951. The van der Waals surface area contributed by atoms with Crippen LogP contribution in [0, 0.1) is 5.92 Å². The SMILES string of the molecule is O=C(CC1Cn2ncc(-c3ccccc3)c2NC1=O)NCc1ccccc1. The minimum Gasteiger partial charge on any atom is -0.352 e. The molecule has 3 aromatic rings. The van der Waals surface area contributed by atoms with Gasteiger partial charge >= 0.3 is 0 Å². The third-order valence-corrected chi connectivity index (χ3v) is 4.69. The van der Waals surface area contributed by atoms with E-state index >= 15 is 0 Å². The molecule has 6 nitrogen and oxygen atoms in total. The van der Waals surface area contributed by atoms with Crippen molar-refractivity contribution in [1.29, 1.82) is 0 Å². The summed E-state index contributed by atoms with van der Waals surface area (Å²) in [6.45, 7) is 0.853. The lowest BCUT2D eigenvalue weighted by Crippen LogP contribution is -2.37. The maximum atomic E-state index is 12.5. The third kappa shape index (κ3) is 3.74. The van der Waals surface area contributed by atoms with Gasteiger partial charge in [0.25, 0.3) is 0 Å². The van der Waals surface area contributed by atoms with Crippen LogP contribution in [0.2, 0.25) is 0 Å². The Kier molecular flexibility index (Phi) is 4.70. The Morgan fingerprint density at radius 1 is 1.11 bits per heavy atom. The fraction of sp³-hybridized carbons (Fsp3) is 0.190. The van der Waals surface area contributed by atoms with E-state index < -0.39 is 5.92 Å². The van der Waals surface area contributed by atoms with Gasteiger partial charge in [0, 0.05) is 18.5 Å². The molecule has 1 unspecified atom stereocenters. The van der Waals surface area contributed by atoms with Crippen LogP contribution in [0.25, 0.3) is 11.1 Å². The molecule has 0 radical (unpaired) electrons. The predicted octanol–water partition coefficient (Wildman–Crippen LogP) is 2.82. The van der Waals surface area contributed by atoms with Gasteiger partial charge in [0.05, 0.1) is 18.7 Å². The highest BCUT2D eigenvalue weighted by Crippen LogP contribution is 2.31. The van der Waals surface area contributed by atoms with Gasteiger partial charge in [0.1, 0.15) is 5.82 Å². The molecular weight excluding hydrogens is 340 g/mol. The van der Waals surface area contributed by atoms with E-state index in [1.54, 1.807) is 10.9 Å². The number of anilines is 1. The lowest BCUT2D eigenvalue weighted by Gasteiger charge is -2.24. The van der Waals surface area contributed by atoms with Gasteiger partial charge in [-0.3, -0.25) is 9.59 Å². The van der Waals surface area contributed by atoms with Crippen LogP contribution < -0.4 is 10.6 Å². The second-order valence-electron chi connectivity index (χ2n) is 6.61. The van der Waals surface area contributed by atoms with Crippen LogP contribution in [0.1, 0.15) is 12.0 Å². The smallest absolute Gasteiger partial charge is 0.231 e. The van der Waals surface area contributed by atoms with Crippen LogP contribution in [-0.2, 0) is 22.7 Å². The van der Waals surface area contributed by atoms with Crippen LogP contribution >= 0.6 is 0 Å². The molecule has 2 N–H and O–H groups in total. The summed E-state index contributed by atoms with van der Waals surface area (Å²) in [5, 5.41) is 10.2. The molecule has 0 bridgehead atoms.